The predicted molar refractivity (Wildman–Crippen MR) is 69.3 cm³/mol. The molecular weight excluding hydrogens is 214 g/mol. The molecule has 2 rings (SSSR count). The minimum atomic E-state index is 0.00915. The van der Waals surface area contributed by atoms with E-state index in [9.17, 15) is 4.79 Å². The molecule has 4 nitrogen and oxygen atoms in total. The third-order valence-electron chi connectivity index (χ3n) is 3.44. The lowest BCUT2D eigenvalue weighted by Gasteiger charge is -2.23. The Hall–Kier alpha value is -1.03. The van der Waals surface area contributed by atoms with Crippen molar-refractivity contribution in [3.63, 3.8) is 0 Å². The number of aromatic amines is 1. The topological polar surface area (TPSA) is 49.8 Å². The van der Waals surface area contributed by atoms with Crippen molar-refractivity contribution in [3.8, 4) is 0 Å². The predicted octanol–water partition coefficient (Wildman–Crippen LogP) is 1.47. The highest BCUT2D eigenvalue weighted by Gasteiger charge is 2.19. The van der Waals surface area contributed by atoms with Crippen LogP contribution in [0.1, 0.15) is 39.3 Å². The first-order valence-corrected chi connectivity index (χ1v) is 6.48. The highest BCUT2D eigenvalue weighted by molar-refractivity contribution is 5.10. The van der Waals surface area contributed by atoms with Gasteiger partial charge in [-0.05, 0) is 31.8 Å². The quantitative estimate of drug-likeness (QED) is 0.818. The molecule has 96 valence electrons. The minimum absolute atomic E-state index is 0.00915. The van der Waals surface area contributed by atoms with Crippen LogP contribution in [0.4, 0.5) is 0 Å². The molecule has 0 amide bonds. The summed E-state index contributed by atoms with van der Waals surface area (Å²) in [6.45, 7) is 9.29. The Balaban J connectivity index is 2.10. The Labute approximate surface area is 102 Å². The highest BCUT2D eigenvalue weighted by atomic mass is 16.1. The molecule has 1 aliphatic heterocycles. The number of nitrogens with one attached hydrogen (secondary N) is 2. The van der Waals surface area contributed by atoms with Crippen molar-refractivity contribution in [2.75, 3.05) is 13.1 Å². The summed E-state index contributed by atoms with van der Waals surface area (Å²) in [6, 6.07) is 1.73. The Morgan fingerprint density at radius 1 is 1.47 bits per heavy atom. The highest BCUT2D eigenvalue weighted by Crippen LogP contribution is 2.18. The third kappa shape index (κ3) is 3.00. The number of aromatic nitrogens is 2. The van der Waals surface area contributed by atoms with Gasteiger partial charge in [0.1, 0.15) is 0 Å². The number of hydrogen-bond donors (Lipinski definition) is 2. The molecule has 1 fully saturated rings. The maximum atomic E-state index is 11.9. The molecule has 1 aliphatic rings. The van der Waals surface area contributed by atoms with Gasteiger partial charge in [0.15, 0.2) is 0 Å². The summed E-state index contributed by atoms with van der Waals surface area (Å²) in [5.74, 6) is 0.577. The summed E-state index contributed by atoms with van der Waals surface area (Å²) in [7, 11) is 0. The first-order chi connectivity index (χ1) is 7.97. The number of rotatable bonds is 2. The van der Waals surface area contributed by atoms with Gasteiger partial charge in [0.05, 0.1) is 0 Å². The molecule has 1 atom stereocenters. The molecule has 0 aliphatic carbocycles. The van der Waals surface area contributed by atoms with Crippen molar-refractivity contribution in [2.24, 2.45) is 5.92 Å². The van der Waals surface area contributed by atoms with Crippen LogP contribution in [0, 0.1) is 5.92 Å². The summed E-state index contributed by atoms with van der Waals surface area (Å²) in [4.78, 5) is 11.9. The van der Waals surface area contributed by atoms with Gasteiger partial charge >= 0.3 is 0 Å². The van der Waals surface area contributed by atoms with E-state index in [4.69, 9.17) is 0 Å². The van der Waals surface area contributed by atoms with Crippen molar-refractivity contribution in [1.82, 2.24) is 15.1 Å². The van der Waals surface area contributed by atoms with Crippen molar-refractivity contribution in [1.29, 1.82) is 0 Å². The SMILES string of the molecule is CC(C)(C)c1cc(=O)n(C[C@@H]2CCCNC2)[nH]1. The van der Waals surface area contributed by atoms with Gasteiger partial charge in [-0.1, -0.05) is 20.8 Å². The lowest BCUT2D eigenvalue weighted by molar-refractivity contribution is 0.320. The van der Waals surface area contributed by atoms with Gasteiger partial charge in [-0.3, -0.25) is 14.6 Å². The molecule has 17 heavy (non-hydrogen) atoms. The van der Waals surface area contributed by atoms with E-state index < -0.39 is 0 Å². The molecule has 0 radical (unpaired) electrons. The summed E-state index contributed by atoms with van der Waals surface area (Å²) in [5.41, 5.74) is 1.13. The zero-order chi connectivity index (χ0) is 12.5. The van der Waals surface area contributed by atoms with Crippen LogP contribution in [0.15, 0.2) is 10.9 Å². The lowest BCUT2D eigenvalue weighted by Crippen LogP contribution is -2.34. The van der Waals surface area contributed by atoms with E-state index >= 15 is 0 Å². The number of piperidine rings is 1. The zero-order valence-electron chi connectivity index (χ0n) is 11.0. The van der Waals surface area contributed by atoms with E-state index in [1.165, 1.54) is 12.8 Å². The van der Waals surface area contributed by atoms with E-state index in [0.29, 0.717) is 5.92 Å². The van der Waals surface area contributed by atoms with E-state index in [-0.39, 0.29) is 11.0 Å². The molecule has 0 bridgehead atoms. The smallest absolute Gasteiger partial charge is 0.266 e. The maximum absolute atomic E-state index is 11.9. The fourth-order valence-electron chi connectivity index (χ4n) is 2.29. The van der Waals surface area contributed by atoms with Crippen molar-refractivity contribution < 1.29 is 0 Å². The van der Waals surface area contributed by atoms with E-state index in [2.05, 4.69) is 31.2 Å². The average molecular weight is 237 g/mol. The number of H-pyrrole nitrogens is 1. The first kappa shape index (κ1) is 12.4. The van der Waals surface area contributed by atoms with Gasteiger partial charge in [0.25, 0.3) is 5.56 Å². The van der Waals surface area contributed by atoms with E-state index in [1.54, 1.807) is 10.7 Å². The van der Waals surface area contributed by atoms with E-state index in [1.807, 2.05) is 0 Å². The number of hydrogen-bond acceptors (Lipinski definition) is 2. The van der Waals surface area contributed by atoms with Crippen LogP contribution < -0.4 is 10.9 Å². The molecule has 2 heterocycles. The van der Waals surface area contributed by atoms with Crippen molar-refractivity contribution in [2.45, 2.75) is 45.6 Å². The lowest BCUT2D eigenvalue weighted by atomic mass is 9.93. The maximum Gasteiger partial charge on any atom is 0.266 e. The molecular formula is C13H23N3O. The second-order valence-corrected chi connectivity index (χ2v) is 6.08. The van der Waals surface area contributed by atoms with Gasteiger partial charge in [0.2, 0.25) is 0 Å². The normalized spacial score (nSPS) is 21.7. The average Bonchev–Trinajstić information content (AvgIpc) is 2.62. The molecule has 4 heteroatoms. The Bertz CT molecular complexity index is 419. The minimum Gasteiger partial charge on any atom is -0.316 e. The molecule has 1 saturated heterocycles. The van der Waals surface area contributed by atoms with Crippen LogP contribution in [0.2, 0.25) is 0 Å². The molecule has 0 aromatic carbocycles. The third-order valence-corrected chi connectivity index (χ3v) is 3.44. The molecule has 2 N–H and O–H groups in total. The largest absolute Gasteiger partial charge is 0.316 e. The second kappa shape index (κ2) is 4.69. The van der Waals surface area contributed by atoms with Crippen molar-refractivity contribution in [3.05, 3.63) is 22.1 Å². The molecule has 0 spiro atoms. The van der Waals surface area contributed by atoms with Gasteiger partial charge in [-0.2, -0.15) is 0 Å². The summed E-state index contributed by atoms with van der Waals surface area (Å²) < 4.78 is 1.76. The van der Waals surface area contributed by atoms with Crippen LogP contribution >= 0.6 is 0 Å². The Kier molecular flexibility index (Phi) is 3.43. The monoisotopic (exact) mass is 237 g/mol. The van der Waals surface area contributed by atoms with E-state index in [0.717, 1.165) is 25.3 Å². The summed E-state index contributed by atoms with van der Waals surface area (Å²) in [5, 5.41) is 6.63. The second-order valence-electron chi connectivity index (χ2n) is 6.08. The number of nitrogens with zero attached hydrogens (tertiary/aromatic N) is 1. The molecule has 1 aromatic heterocycles. The standard InChI is InChI=1S/C13H23N3O/c1-13(2,3)11-7-12(17)16(15-11)9-10-5-4-6-14-8-10/h7,10,14-15H,4-6,8-9H2,1-3H3/t10-/m1/s1. The van der Waals surface area contributed by atoms with Gasteiger partial charge in [0, 0.05) is 23.7 Å². The summed E-state index contributed by atoms with van der Waals surface area (Å²) in [6.07, 6.45) is 2.43. The molecule has 0 unspecified atom stereocenters. The van der Waals surface area contributed by atoms with Crippen molar-refractivity contribution >= 4 is 0 Å². The summed E-state index contributed by atoms with van der Waals surface area (Å²) >= 11 is 0. The van der Waals surface area contributed by atoms with Gasteiger partial charge < -0.3 is 5.32 Å². The van der Waals surface area contributed by atoms with Crippen LogP contribution in [0.3, 0.4) is 0 Å². The van der Waals surface area contributed by atoms with Gasteiger partial charge in [-0.25, -0.2) is 0 Å². The molecule has 1 aromatic rings. The van der Waals surface area contributed by atoms with Crippen LogP contribution in [0.25, 0.3) is 0 Å². The Morgan fingerprint density at radius 3 is 2.76 bits per heavy atom. The first-order valence-electron chi connectivity index (χ1n) is 6.48. The van der Waals surface area contributed by atoms with Crippen LogP contribution in [0.5, 0.6) is 0 Å². The van der Waals surface area contributed by atoms with Crippen LogP contribution in [-0.4, -0.2) is 22.9 Å². The Morgan fingerprint density at radius 2 is 2.24 bits per heavy atom. The zero-order valence-corrected chi connectivity index (χ0v) is 11.0. The van der Waals surface area contributed by atoms with Gasteiger partial charge in [-0.15, -0.1) is 0 Å². The van der Waals surface area contributed by atoms with Crippen LogP contribution in [-0.2, 0) is 12.0 Å². The fraction of sp³-hybridized carbons (Fsp3) is 0.769. The molecule has 0 saturated carbocycles. The fourth-order valence-corrected chi connectivity index (χ4v) is 2.29.